The topological polar surface area (TPSA) is 38.7 Å². The fourth-order valence-corrected chi connectivity index (χ4v) is 19.2. The van der Waals surface area contributed by atoms with Crippen molar-refractivity contribution in [2.75, 3.05) is 0 Å². The van der Waals surface area contributed by atoms with E-state index in [1.807, 2.05) is 12.4 Å². The molecule has 0 spiro atoms. The summed E-state index contributed by atoms with van der Waals surface area (Å²) in [6.45, 7) is 26.1. The third-order valence-corrected chi connectivity index (χ3v) is 25.7. The Morgan fingerprint density at radius 2 is 0.408 bits per heavy atom. The van der Waals surface area contributed by atoms with Gasteiger partial charge >= 0.3 is 0 Å². The first-order chi connectivity index (χ1) is 58.6. The molecule has 3 heterocycles. The van der Waals surface area contributed by atoms with Crippen LogP contribution in [0.15, 0.2) is 346 Å². The van der Waals surface area contributed by atoms with Gasteiger partial charge in [0, 0.05) is 50.4 Å². The molecule has 0 aliphatic carbocycles. The summed E-state index contributed by atoms with van der Waals surface area (Å²) < 4.78 is 0. The maximum absolute atomic E-state index is 4.85. The summed E-state index contributed by atoms with van der Waals surface area (Å²) >= 11 is 0. The van der Waals surface area contributed by atoms with Gasteiger partial charge in [-0.3, -0.25) is 15.0 Å². The maximum atomic E-state index is 4.85. The minimum Gasteiger partial charge on any atom is -0.256 e. The van der Waals surface area contributed by atoms with Crippen molar-refractivity contribution in [2.45, 2.75) is 83.1 Å². The monoisotopic (exact) mass is 1540 g/mol. The molecule has 24 rings (SSSR count). The number of aryl methyl sites for hydroxylation is 12. The average molecular weight is 1540 g/mol. The number of fused-ring (bicyclic) bond motifs is 36. The van der Waals surface area contributed by atoms with Crippen LogP contribution >= 0.6 is 0 Å². The molecule has 0 saturated carbocycles. The molecule has 0 atom stereocenters. The van der Waals surface area contributed by atoms with E-state index in [0.29, 0.717) is 0 Å². The molecule has 0 fully saturated rings. The first kappa shape index (κ1) is 75.8. The Morgan fingerprint density at radius 1 is 0.150 bits per heavy atom. The molecule has 0 radical (unpaired) electrons. The highest BCUT2D eigenvalue weighted by Crippen LogP contribution is 2.44. The van der Waals surface area contributed by atoms with Crippen molar-refractivity contribution in [3.05, 3.63) is 413 Å². The average Bonchev–Trinajstić information content (AvgIpc) is 0.755. The summed E-state index contributed by atoms with van der Waals surface area (Å²) in [4.78, 5) is 14.2. The largest absolute Gasteiger partial charge is 0.256 e. The van der Waals surface area contributed by atoms with Crippen LogP contribution in [0.3, 0.4) is 0 Å². The van der Waals surface area contributed by atoms with Crippen LogP contribution in [-0.2, 0) is 0 Å². The van der Waals surface area contributed by atoms with Crippen LogP contribution in [0.5, 0.6) is 0 Å². The summed E-state index contributed by atoms with van der Waals surface area (Å²) in [5.41, 5.74) is 19.1. The van der Waals surface area contributed by atoms with Gasteiger partial charge in [-0.2, -0.15) is 0 Å². The lowest BCUT2D eigenvalue weighted by Crippen LogP contribution is -1.91. The van der Waals surface area contributed by atoms with E-state index in [0.717, 1.165) is 22.2 Å². The van der Waals surface area contributed by atoms with E-state index in [1.54, 1.807) is 0 Å². The summed E-state index contributed by atoms with van der Waals surface area (Å²) in [6, 6.07) is 120. The maximum Gasteiger partial charge on any atom is 0.0790 e. The second-order valence-corrected chi connectivity index (χ2v) is 32.8. The Morgan fingerprint density at radius 3 is 0.808 bits per heavy atom. The van der Waals surface area contributed by atoms with E-state index >= 15 is 0 Å². The zero-order valence-electron chi connectivity index (χ0n) is 70.3. The number of rotatable bonds is 0. The first-order valence-electron chi connectivity index (χ1n) is 42.0. The third kappa shape index (κ3) is 13.0. The van der Waals surface area contributed by atoms with Crippen molar-refractivity contribution in [1.82, 2.24) is 15.0 Å². The number of hydrogen-bond donors (Lipinski definition) is 0. The van der Waals surface area contributed by atoms with Crippen molar-refractivity contribution >= 4 is 194 Å². The Balaban J connectivity index is 0.0000000952. The molecule has 120 heavy (non-hydrogen) atoms. The Labute approximate surface area is 700 Å². The van der Waals surface area contributed by atoms with Crippen LogP contribution in [-0.4, -0.2) is 15.0 Å². The molecule has 0 saturated heterocycles. The Hall–Kier alpha value is -14.3. The molecule has 0 unspecified atom stereocenters. The molecule has 3 heteroatoms. The summed E-state index contributed by atoms with van der Waals surface area (Å²) in [5.74, 6) is 0. The predicted octanol–water partition coefficient (Wildman–Crippen LogP) is 32.8. The number of benzene rings is 21. The second kappa shape index (κ2) is 31.3. The highest BCUT2D eigenvalue weighted by atomic mass is 14.7. The van der Waals surface area contributed by atoms with E-state index < -0.39 is 0 Å². The van der Waals surface area contributed by atoms with E-state index in [-0.39, 0.29) is 0 Å². The molecule has 0 N–H and O–H groups in total. The van der Waals surface area contributed by atoms with Gasteiger partial charge in [0.1, 0.15) is 0 Å². The zero-order valence-corrected chi connectivity index (χ0v) is 70.3. The number of pyridine rings is 3. The summed E-state index contributed by atoms with van der Waals surface area (Å²) in [7, 11) is 0. The van der Waals surface area contributed by atoms with E-state index in [1.165, 1.54) is 239 Å². The molecule has 21 aromatic carbocycles. The van der Waals surface area contributed by atoms with Crippen LogP contribution in [0, 0.1) is 83.1 Å². The van der Waals surface area contributed by atoms with Crippen molar-refractivity contribution in [1.29, 1.82) is 0 Å². The molecule has 0 aliphatic heterocycles. The molecule has 3 nitrogen and oxygen atoms in total. The first-order valence-corrected chi connectivity index (χ1v) is 42.0. The van der Waals surface area contributed by atoms with Crippen LogP contribution in [0.25, 0.3) is 194 Å². The fraction of sp³-hybridized carbons (Fsp3) is 0.103. The van der Waals surface area contributed by atoms with Crippen LogP contribution in [0.2, 0.25) is 0 Å². The van der Waals surface area contributed by atoms with Gasteiger partial charge in [0.05, 0.1) is 16.6 Å². The highest BCUT2D eigenvalue weighted by Gasteiger charge is 2.19. The normalized spacial score (nSPS) is 11.5. The van der Waals surface area contributed by atoms with Crippen LogP contribution in [0.1, 0.15) is 66.9 Å². The van der Waals surface area contributed by atoms with Crippen molar-refractivity contribution in [2.24, 2.45) is 0 Å². The number of hydrogen-bond acceptors (Lipinski definition) is 3. The molecule has 0 amide bonds. The predicted molar refractivity (Wildman–Crippen MR) is 524 cm³/mol. The van der Waals surface area contributed by atoms with Crippen molar-refractivity contribution < 1.29 is 0 Å². The van der Waals surface area contributed by atoms with Crippen molar-refractivity contribution in [3.63, 3.8) is 0 Å². The molecular formula is C117H93N3. The lowest BCUT2D eigenvalue weighted by atomic mass is 9.90. The summed E-state index contributed by atoms with van der Waals surface area (Å²) in [6.07, 6.45) is 3.90. The molecule has 24 aromatic rings. The van der Waals surface area contributed by atoms with Gasteiger partial charge in [-0.15, -0.1) is 0 Å². The van der Waals surface area contributed by atoms with Gasteiger partial charge in [-0.25, -0.2) is 0 Å². The molecule has 0 aliphatic rings. The number of aromatic nitrogens is 3. The standard InChI is InChI=1S/3C20H16.3C19H15N/c1-13-11-19-17-9-5-3-7-15(17)16-8-4-6-10-18(16)20(19)12-14(13)2;1-13-7-5-11-17-15-9-3-4-10-16(15)18-12-6-8-14(2)20(18)19(13)17;1-13-11-12-19-17-9-4-3-7-15(17)16-8-5-6-10-18(16)20(19)14(13)2;1-12-11-20-19-17-10-6-4-8-15(17)14-7-3-5-9-16(14)18(19)13(12)2;1-12-11-18-16-9-4-3-7-14(16)15-8-5-6-10-17(15)19(18)20-13(12)2;1-12-6-5-9-15-14-7-3-4-8-16(14)19-18(17(12)15)13(2)10-11-20-19/h3*3-12H,1-2H3;3*3-11H,1-2H3. The van der Waals surface area contributed by atoms with Crippen LogP contribution < -0.4 is 0 Å². The van der Waals surface area contributed by atoms with Gasteiger partial charge in [-0.1, -0.05) is 322 Å². The Bertz CT molecular complexity index is 7180. The minimum absolute atomic E-state index is 1.11. The molecule has 0 bridgehead atoms. The van der Waals surface area contributed by atoms with Gasteiger partial charge in [-0.05, 0) is 302 Å². The smallest absolute Gasteiger partial charge is 0.0790 e. The van der Waals surface area contributed by atoms with E-state index in [9.17, 15) is 0 Å². The van der Waals surface area contributed by atoms with Gasteiger partial charge in [0.15, 0.2) is 0 Å². The quantitative estimate of drug-likeness (QED) is 0.142. The van der Waals surface area contributed by atoms with Gasteiger partial charge in [0.2, 0.25) is 0 Å². The number of nitrogens with zero attached hydrogens (tertiary/aromatic N) is 3. The third-order valence-electron chi connectivity index (χ3n) is 25.7. The second-order valence-electron chi connectivity index (χ2n) is 32.8. The van der Waals surface area contributed by atoms with Gasteiger partial charge in [0.25, 0.3) is 0 Å². The fourth-order valence-electron chi connectivity index (χ4n) is 19.2. The molecule has 576 valence electrons. The van der Waals surface area contributed by atoms with Crippen molar-refractivity contribution in [3.8, 4) is 0 Å². The van der Waals surface area contributed by atoms with Gasteiger partial charge < -0.3 is 0 Å². The molecular weight excluding hydrogens is 1450 g/mol. The zero-order chi connectivity index (χ0) is 82.1. The Kier molecular flexibility index (Phi) is 19.8. The minimum atomic E-state index is 1.11. The van der Waals surface area contributed by atoms with E-state index in [2.05, 4.69) is 422 Å². The lowest BCUT2D eigenvalue weighted by Gasteiger charge is -2.13. The SMILES string of the molecule is Cc1cc2c3ccccc3c3ccccc3c2cc1C.Cc1cc2c3ccccc3c3ccccc3c2nc1C.Cc1ccc2c3ccccc3c3ccccc3c2c1C.Cc1cccc2c3ccccc3c3cccc(C)c3c12.Cc1cccc2c3ccccc3c3nccc(C)c3c12.Cc1cnc2c3ccccc3c3ccccc3c2c1C. The van der Waals surface area contributed by atoms with E-state index in [4.69, 9.17) is 9.97 Å². The molecule has 3 aromatic heterocycles. The van der Waals surface area contributed by atoms with Crippen LogP contribution in [0.4, 0.5) is 0 Å². The lowest BCUT2D eigenvalue weighted by molar-refractivity contribution is 1.20. The summed E-state index contributed by atoms with van der Waals surface area (Å²) in [5, 5.41) is 43.8. The highest BCUT2D eigenvalue weighted by molar-refractivity contribution is 6.31.